The van der Waals surface area contributed by atoms with Gasteiger partial charge in [-0.2, -0.15) is 0 Å². The number of amides is 2. The number of hydrogen-bond acceptors (Lipinski definition) is 6. The third kappa shape index (κ3) is 3.62. The van der Waals surface area contributed by atoms with Crippen molar-refractivity contribution in [1.29, 1.82) is 0 Å². The van der Waals surface area contributed by atoms with Crippen LogP contribution in [-0.4, -0.2) is 31.5 Å². The summed E-state index contributed by atoms with van der Waals surface area (Å²) in [6.07, 6.45) is 1.13. The molecule has 3 rings (SSSR count). The van der Waals surface area contributed by atoms with Crippen LogP contribution >= 0.6 is 27.5 Å². The number of anilines is 1. The van der Waals surface area contributed by atoms with Crippen LogP contribution < -0.4 is 9.66 Å². The van der Waals surface area contributed by atoms with Gasteiger partial charge in [0.1, 0.15) is 0 Å². The van der Waals surface area contributed by atoms with E-state index in [-0.39, 0.29) is 16.0 Å². The van der Waals surface area contributed by atoms with E-state index in [2.05, 4.69) is 21.1 Å². The molecule has 0 spiro atoms. The fraction of sp³-hybridized carbons (Fsp3) is 0.0625. The number of aromatic nitrogens is 1. The minimum Gasteiger partial charge on any atom is -0.366 e. The molecule has 0 aliphatic heterocycles. The van der Waals surface area contributed by atoms with Crippen molar-refractivity contribution < 1.29 is 18.0 Å². The van der Waals surface area contributed by atoms with Crippen LogP contribution in [0.2, 0.25) is 0 Å². The van der Waals surface area contributed by atoms with E-state index in [1.54, 1.807) is 18.2 Å². The molecule has 134 valence electrons. The van der Waals surface area contributed by atoms with Crippen molar-refractivity contribution in [3.8, 4) is 0 Å². The van der Waals surface area contributed by atoms with E-state index in [4.69, 9.17) is 5.73 Å². The second kappa shape index (κ2) is 6.78. The van der Waals surface area contributed by atoms with Crippen LogP contribution in [0.4, 0.5) is 5.13 Å². The number of nitrogens with two attached hydrogens (primary N) is 1. The lowest BCUT2D eigenvalue weighted by Gasteiger charge is -2.11. The minimum atomic E-state index is -3.33. The molecular weight excluding hydrogens is 442 g/mol. The Kier molecular flexibility index (Phi) is 4.82. The first-order valence-corrected chi connectivity index (χ1v) is 10.6. The zero-order valence-corrected chi connectivity index (χ0v) is 16.6. The van der Waals surface area contributed by atoms with E-state index in [0.717, 1.165) is 21.5 Å². The average molecular weight is 454 g/mol. The van der Waals surface area contributed by atoms with Gasteiger partial charge in [-0.15, -0.1) is 0 Å². The van der Waals surface area contributed by atoms with E-state index < -0.39 is 21.7 Å². The van der Waals surface area contributed by atoms with Crippen LogP contribution in [0.15, 0.2) is 47.4 Å². The molecule has 7 nitrogen and oxygen atoms in total. The number of carbonyl (C=O) groups is 2. The monoisotopic (exact) mass is 453 g/mol. The normalized spacial score (nSPS) is 11.5. The molecule has 2 aromatic carbocycles. The first kappa shape index (κ1) is 18.5. The summed E-state index contributed by atoms with van der Waals surface area (Å²) in [6.45, 7) is 0. The molecule has 0 radical (unpaired) electrons. The van der Waals surface area contributed by atoms with Crippen molar-refractivity contribution in [2.24, 2.45) is 5.73 Å². The quantitative estimate of drug-likeness (QED) is 0.610. The molecule has 0 unspecified atom stereocenters. The molecule has 0 atom stereocenters. The van der Waals surface area contributed by atoms with Gasteiger partial charge in [0.2, 0.25) is 11.0 Å². The Morgan fingerprint density at radius 3 is 2.50 bits per heavy atom. The number of benzene rings is 2. The van der Waals surface area contributed by atoms with Crippen LogP contribution in [0.3, 0.4) is 0 Å². The van der Waals surface area contributed by atoms with Crippen LogP contribution in [0, 0.1) is 0 Å². The number of carbonyl (C=O) groups excluding carboxylic acids is 2. The van der Waals surface area contributed by atoms with Gasteiger partial charge in [0.25, 0.3) is 5.91 Å². The molecule has 0 saturated heterocycles. The predicted molar refractivity (Wildman–Crippen MR) is 103 cm³/mol. The summed E-state index contributed by atoms with van der Waals surface area (Å²) in [5, 5.41) is 0.333. The highest BCUT2D eigenvalue weighted by atomic mass is 79.9. The summed E-state index contributed by atoms with van der Waals surface area (Å²) in [6, 6.07) is 10.6. The molecule has 2 amide bonds. The SMILES string of the molecule is CS(=O)(=O)c1ccc2nc(N(Br)C(=O)c3cccc(C(N)=O)c3)sc2c1. The van der Waals surface area contributed by atoms with Crippen molar-refractivity contribution in [3.05, 3.63) is 53.6 Å². The van der Waals surface area contributed by atoms with Crippen molar-refractivity contribution in [2.75, 3.05) is 10.2 Å². The Labute approximate surface area is 161 Å². The second-order valence-electron chi connectivity index (χ2n) is 5.43. The van der Waals surface area contributed by atoms with Gasteiger partial charge >= 0.3 is 0 Å². The molecule has 0 aliphatic rings. The first-order chi connectivity index (χ1) is 12.2. The van der Waals surface area contributed by atoms with Crippen molar-refractivity contribution in [3.63, 3.8) is 0 Å². The lowest BCUT2D eigenvalue weighted by Crippen LogP contribution is -2.21. The Hall–Kier alpha value is -2.30. The van der Waals surface area contributed by atoms with E-state index in [9.17, 15) is 18.0 Å². The Morgan fingerprint density at radius 2 is 1.85 bits per heavy atom. The van der Waals surface area contributed by atoms with Crippen molar-refractivity contribution >= 4 is 64.5 Å². The second-order valence-corrected chi connectivity index (χ2v) is 9.16. The highest BCUT2D eigenvalue weighted by molar-refractivity contribution is 9.10. The fourth-order valence-corrected chi connectivity index (χ4v) is 4.34. The summed E-state index contributed by atoms with van der Waals surface area (Å²) in [5.74, 6) is -1.07. The van der Waals surface area contributed by atoms with Gasteiger partial charge in [-0.3, -0.25) is 9.59 Å². The minimum absolute atomic E-state index is 0.182. The van der Waals surface area contributed by atoms with Gasteiger partial charge in [0.15, 0.2) is 9.84 Å². The van der Waals surface area contributed by atoms with Gasteiger partial charge in [0.05, 0.1) is 31.3 Å². The topological polar surface area (TPSA) is 110 Å². The maximum absolute atomic E-state index is 12.6. The van der Waals surface area contributed by atoms with Gasteiger partial charge in [-0.05, 0) is 36.4 Å². The summed E-state index contributed by atoms with van der Waals surface area (Å²) in [5.41, 5.74) is 6.28. The molecule has 0 fully saturated rings. The van der Waals surface area contributed by atoms with E-state index >= 15 is 0 Å². The molecule has 0 aliphatic carbocycles. The van der Waals surface area contributed by atoms with Crippen LogP contribution in [0.5, 0.6) is 0 Å². The zero-order chi connectivity index (χ0) is 19.1. The molecule has 10 heteroatoms. The maximum atomic E-state index is 12.6. The largest absolute Gasteiger partial charge is 0.366 e. The van der Waals surface area contributed by atoms with E-state index in [1.807, 2.05) is 0 Å². The Balaban J connectivity index is 1.96. The van der Waals surface area contributed by atoms with Crippen LogP contribution in [0.1, 0.15) is 20.7 Å². The van der Waals surface area contributed by atoms with Gasteiger partial charge in [0, 0.05) is 17.4 Å². The van der Waals surface area contributed by atoms with Crippen LogP contribution in [0.25, 0.3) is 10.2 Å². The average Bonchev–Trinajstić information content (AvgIpc) is 3.03. The number of nitrogens with zero attached hydrogens (tertiary/aromatic N) is 2. The molecule has 26 heavy (non-hydrogen) atoms. The number of halogens is 1. The third-order valence-electron chi connectivity index (χ3n) is 3.52. The van der Waals surface area contributed by atoms with Crippen molar-refractivity contribution in [2.45, 2.75) is 4.90 Å². The number of thiazole rings is 1. The summed E-state index contributed by atoms with van der Waals surface area (Å²) >= 11 is 4.34. The highest BCUT2D eigenvalue weighted by Crippen LogP contribution is 2.33. The molecule has 3 aromatic rings. The lowest BCUT2D eigenvalue weighted by atomic mass is 10.1. The fourth-order valence-electron chi connectivity index (χ4n) is 2.21. The molecular formula is C16H12BrN3O4S2. The van der Waals surface area contributed by atoms with Gasteiger partial charge in [-0.25, -0.2) is 17.3 Å². The molecule has 0 bridgehead atoms. The van der Waals surface area contributed by atoms with E-state index in [0.29, 0.717) is 15.3 Å². The first-order valence-electron chi connectivity index (χ1n) is 7.17. The number of primary amides is 1. The van der Waals surface area contributed by atoms with Gasteiger partial charge < -0.3 is 5.73 Å². The summed E-state index contributed by atoms with van der Waals surface area (Å²) in [7, 11) is -3.33. The summed E-state index contributed by atoms with van der Waals surface area (Å²) < 4.78 is 25.1. The molecule has 2 N–H and O–H groups in total. The summed E-state index contributed by atoms with van der Waals surface area (Å²) in [4.78, 5) is 28.4. The molecule has 0 saturated carbocycles. The Bertz CT molecular complexity index is 1140. The Morgan fingerprint density at radius 1 is 1.15 bits per heavy atom. The smallest absolute Gasteiger partial charge is 0.270 e. The highest BCUT2D eigenvalue weighted by Gasteiger charge is 2.20. The lowest BCUT2D eigenvalue weighted by molar-refractivity contribution is 0.1000. The molecule has 1 heterocycles. The van der Waals surface area contributed by atoms with Crippen LogP contribution in [-0.2, 0) is 9.84 Å². The standard InChI is InChI=1S/C16H12BrN3O4S2/c1-26(23,24)11-5-6-12-13(8-11)25-16(19-12)20(17)15(22)10-4-2-3-9(7-10)14(18)21/h2-8H,1H3,(H2,18,21). The number of sulfone groups is 1. The zero-order valence-electron chi connectivity index (χ0n) is 13.3. The number of fused-ring (bicyclic) bond motifs is 1. The molecule has 1 aromatic heterocycles. The van der Waals surface area contributed by atoms with Crippen molar-refractivity contribution in [1.82, 2.24) is 4.98 Å². The number of hydrogen-bond donors (Lipinski definition) is 1. The maximum Gasteiger partial charge on any atom is 0.270 e. The van der Waals surface area contributed by atoms with Gasteiger partial charge in [-0.1, -0.05) is 17.4 Å². The third-order valence-corrected chi connectivity index (χ3v) is 6.52. The predicted octanol–water partition coefficient (Wildman–Crippen LogP) is 2.76. The number of rotatable bonds is 4. The van der Waals surface area contributed by atoms with E-state index in [1.165, 1.54) is 24.3 Å².